The fourth-order valence-corrected chi connectivity index (χ4v) is 3.13. The Labute approximate surface area is 103 Å². The van der Waals surface area contributed by atoms with Gasteiger partial charge in [-0.3, -0.25) is 4.79 Å². The first kappa shape index (κ1) is 12.2. The molecule has 0 bridgehead atoms. The second kappa shape index (κ2) is 4.19. The first-order chi connectivity index (χ1) is 7.23. The van der Waals surface area contributed by atoms with Crippen LogP contribution in [0.5, 0.6) is 0 Å². The number of carbonyl (C=O) groups excluding carboxylic acids is 1. The molecule has 1 amide bonds. The van der Waals surface area contributed by atoms with Crippen LogP contribution in [0.1, 0.15) is 32.1 Å². The van der Waals surface area contributed by atoms with Gasteiger partial charge in [-0.05, 0) is 44.1 Å². The second-order valence-corrected chi connectivity index (χ2v) is 5.58. The summed E-state index contributed by atoms with van der Waals surface area (Å²) in [6, 6.07) is 0.560. The van der Waals surface area contributed by atoms with Gasteiger partial charge in [-0.1, -0.05) is 0 Å². The number of nitrogens with zero attached hydrogens (tertiary/aromatic N) is 1. The number of nitrogens with one attached hydrogen (secondary N) is 1. The Morgan fingerprint density at radius 3 is 2.69 bits per heavy atom. The Hall–Kier alpha value is -0.280. The summed E-state index contributed by atoms with van der Waals surface area (Å²) < 4.78 is 0. The molecule has 1 saturated heterocycles. The molecular formula is C12H21ClN2O. The minimum Gasteiger partial charge on any atom is -0.343 e. The fraction of sp³-hybridized carbons (Fsp3) is 0.917. The van der Waals surface area contributed by atoms with Crippen LogP contribution in [-0.2, 0) is 4.79 Å². The fourth-order valence-electron chi connectivity index (χ4n) is 3.13. The quantitative estimate of drug-likeness (QED) is 0.797. The monoisotopic (exact) mass is 244 g/mol. The molecule has 1 spiro atoms. The molecule has 0 radical (unpaired) electrons. The first-order valence-electron chi connectivity index (χ1n) is 6.20. The number of halogens is 1. The Kier molecular flexibility index (Phi) is 3.19. The Morgan fingerprint density at radius 2 is 2.19 bits per heavy atom. The SMILES string of the molecule is CN(C(=O)C1CC12CCNC2)C1CCC1.Cl. The van der Waals surface area contributed by atoms with Gasteiger partial charge in [-0.15, -0.1) is 12.4 Å². The summed E-state index contributed by atoms with van der Waals surface area (Å²) in [5.74, 6) is 0.765. The van der Waals surface area contributed by atoms with Gasteiger partial charge in [0.15, 0.2) is 0 Å². The molecule has 2 atom stereocenters. The summed E-state index contributed by atoms with van der Waals surface area (Å²) in [7, 11) is 2.00. The maximum atomic E-state index is 12.2. The molecule has 1 N–H and O–H groups in total. The lowest BCUT2D eigenvalue weighted by atomic mass is 9.91. The van der Waals surface area contributed by atoms with Gasteiger partial charge in [0.1, 0.15) is 0 Å². The van der Waals surface area contributed by atoms with E-state index >= 15 is 0 Å². The van der Waals surface area contributed by atoms with Gasteiger partial charge >= 0.3 is 0 Å². The minimum atomic E-state index is 0. The van der Waals surface area contributed by atoms with Gasteiger partial charge in [-0.2, -0.15) is 0 Å². The van der Waals surface area contributed by atoms with Crippen molar-refractivity contribution in [2.45, 2.75) is 38.1 Å². The number of amides is 1. The molecule has 92 valence electrons. The van der Waals surface area contributed by atoms with Gasteiger partial charge in [0, 0.05) is 25.6 Å². The first-order valence-corrected chi connectivity index (χ1v) is 6.20. The Balaban J connectivity index is 0.000000963. The zero-order valence-electron chi connectivity index (χ0n) is 9.87. The Morgan fingerprint density at radius 1 is 1.44 bits per heavy atom. The third-order valence-electron chi connectivity index (χ3n) is 4.73. The molecule has 2 saturated carbocycles. The normalized spacial score (nSPS) is 36.7. The standard InChI is InChI=1S/C12H20N2O.ClH/c1-14(9-3-2-4-9)11(15)10-7-12(10)5-6-13-8-12;/h9-10,13H,2-8H2,1H3;1H. The molecule has 3 aliphatic rings. The van der Waals surface area contributed by atoms with Crippen LogP contribution in [-0.4, -0.2) is 37.0 Å². The molecule has 16 heavy (non-hydrogen) atoms. The smallest absolute Gasteiger partial charge is 0.226 e. The van der Waals surface area contributed by atoms with Crippen molar-refractivity contribution in [2.24, 2.45) is 11.3 Å². The average molecular weight is 245 g/mol. The average Bonchev–Trinajstić information content (AvgIpc) is 2.60. The molecule has 3 fully saturated rings. The highest BCUT2D eigenvalue weighted by Crippen LogP contribution is 2.57. The largest absolute Gasteiger partial charge is 0.343 e. The van der Waals surface area contributed by atoms with Crippen molar-refractivity contribution < 1.29 is 4.79 Å². The third-order valence-corrected chi connectivity index (χ3v) is 4.73. The van der Waals surface area contributed by atoms with Crippen molar-refractivity contribution >= 4 is 18.3 Å². The van der Waals surface area contributed by atoms with E-state index in [-0.39, 0.29) is 12.4 Å². The van der Waals surface area contributed by atoms with Crippen molar-refractivity contribution in [1.82, 2.24) is 10.2 Å². The molecule has 0 aromatic rings. The van der Waals surface area contributed by atoms with E-state index in [0.29, 0.717) is 23.3 Å². The molecule has 0 aromatic heterocycles. The predicted octanol–water partition coefficient (Wildman–Crippen LogP) is 1.42. The van der Waals surface area contributed by atoms with Crippen molar-refractivity contribution in [1.29, 1.82) is 0 Å². The van der Waals surface area contributed by atoms with E-state index in [1.807, 2.05) is 11.9 Å². The topological polar surface area (TPSA) is 32.3 Å². The van der Waals surface area contributed by atoms with Crippen LogP contribution in [0.2, 0.25) is 0 Å². The zero-order valence-corrected chi connectivity index (χ0v) is 10.7. The summed E-state index contributed by atoms with van der Waals surface area (Å²) in [4.78, 5) is 14.2. The van der Waals surface area contributed by atoms with Crippen molar-refractivity contribution in [3.8, 4) is 0 Å². The van der Waals surface area contributed by atoms with E-state index in [1.54, 1.807) is 0 Å². The number of hydrogen-bond acceptors (Lipinski definition) is 2. The number of carbonyl (C=O) groups is 1. The van der Waals surface area contributed by atoms with Gasteiger partial charge in [0.05, 0.1) is 0 Å². The van der Waals surface area contributed by atoms with Crippen LogP contribution in [0.4, 0.5) is 0 Å². The predicted molar refractivity (Wildman–Crippen MR) is 65.7 cm³/mol. The lowest BCUT2D eigenvalue weighted by Gasteiger charge is -2.35. The summed E-state index contributed by atoms with van der Waals surface area (Å²) in [5.41, 5.74) is 0.370. The van der Waals surface area contributed by atoms with Crippen molar-refractivity contribution in [2.75, 3.05) is 20.1 Å². The van der Waals surface area contributed by atoms with Crippen molar-refractivity contribution in [3.05, 3.63) is 0 Å². The maximum Gasteiger partial charge on any atom is 0.226 e. The zero-order chi connectivity index (χ0) is 10.5. The highest BCUT2D eigenvalue weighted by molar-refractivity contribution is 5.85. The number of hydrogen-bond donors (Lipinski definition) is 1. The lowest BCUT2D eigenvalue weighted by molar-refractivity contribution is -0.135. The molecule has 3 rings (SSSR count). The lowest BCUT2D eigenvalue weighted by Crippen LogP contribution is -2.42. The van der Waals surface area contributed by atoms with Crippen LogP contribution < -0.4 is 5.32 Å². The highest BCUT2D eigenvalue weighted by atomic mass is 35.5. The van der Waals surface area contributed by atoms with Crippen LogP contribution >= 0.6 is 12.4 Å². The summed E-state index contributed by atoms with van der Waals surface area (Å²) in [5, 5.41) is 3.39. The second-order valence-electron chi connectivity index (χ2n) is 5.58. The summed E-state index contributed by atoms with van der Waals surface area (Å²) in [6.07, 6.45) is 6.10. The Bertz CT molecular complexity index is 285. The van der Waals surface area contributed by atoms with Gasteiger partial charge in [0.25, 0.3) is 0 Å². The van der Waals surface area contributed by atoms with Crippen molar-refractivity contribution in [3.63, 3.8) is 0 Å². The molecule has 2 unspecified atom stereocenters. The van der Waals surface area contributed by atoms with Gasteiger partial charge in [-0.25, -0.2) is 0 Å². The van der Waals surface area contributed by atoms with Gasteiger partial charge in [0.2, 0.25) is 5.91 Å². The molecular weight excluding hydrogens is 224 g/mol. The van der Waals surface area contributed by atoms with E-state index in [4.69, 9.17) is 0 Å². The van der Waals surface area contributed by atoms with Gasteiger partial charge < -0.3 is 10.2 Å². The summed E-state index contributed by atoms with van der Waals surface area (Å²) in [6.45, 7) is 2.18. The van der Waals surface area contributed by atoms with Crippen LogP contribution in [0, 0.1) is 11.3 Å². The minimum absolute atomic E-state index is 0. The molecule has 4 heteroatoms. The van der Waals surface area contributed by atoms with E-state index in [1.165, 1.54) is 25.7 Å². The summed E-state index contributed by atoms with van der Waals surface area (Å²) >= 11 is 0. The molecule has 0 aromatic carbocycles. The molecule has 1 aliphatic heterocycles. The number of rotatable bonds is 2. The van der Waals surface area contributed by atoms with E-state index in [0.717, 1.165) is 19.5 Å². The van der Waals surface area contributed by atoms with Crippen LogP contribution in [0.25, 0.3) is 0 Å². The van der Waals surface area contributed by atoms with E-state index in [2.05, 4.69) is 5.32 Å². The van der Waals surface area contributed by atoms with Crippen LogP contribution in [0.15, 0.2) is 0 Å². The molecule has 2 aliphatic carbocycles. The maximum absolute atomic E-state index is 12.2. The van der Waals surface area contributed by atoms with E-state index in [9.17, 15) is 4.79 Å². The molecule has 3 nitrogen and oxygen atoms in total. The van der Waals surface area contributed by atoms with E-state index < -0.39 is 0 Å². The highest BCUT2D eigenvalue weighted by Gasteiger charge is 2.59. The third kappa shape index (κ3) is 1.74. The molecule has 1 heterocycles. The van der Waals surface area contributed by atoms with Crippen LogP contribution in [0.3, 0.4) is 0 Å².